The Balaban J connectivity index is 0.000000166. The molecule has 4 heterocycles. The second-order valence-electron chi connectivity index (χ2n) is 7.46. The number of hydrogen-bond acceptors (Lipinski definition) is 8. The molecule has 3 N–H and O–H groups in total. The minimum Gasteiger partial charge on any atom is -0.480 e. The maximum absolute atomic E-state index is 11.9. The summed E-state index contributed by atoms with van der Waals surface area (Å²) in [6.45, 7) is 2.41. The summed E-state index contributed by atoms with van der Waals surface area (Å²) >= 11 is 0. The molecule has 1 unspecified atom stereocenters. The highest BCUT2D eigenvalue weighted by Crippen LogP contribution is 2.45. The normalized spacial score (nSPS) is 34.2. The molecule has 0 aliphatic carbocycles. The van der Waals surface area contributed by atoms with E-state index in [4.69, 9.17) is 20.1 Å². The molecule has 4 fully saturated rings. The van der Waals surface area contributed by atoms with Crippen molar-refractivity contribution in [1.82, 2.24) is 9.80 Å². The minimum atomic E-state index is -3.57. The van der Waals surface area contributed by atoms with E-state index >= 15 is 0 Å². The maximum atomic E-state index is 11.9. The predicted molar refractivity (Wildman–Crippen MR) is 92.6 cm³/mol. The van der Waals surface area contributed by atoms with Crippen molar-refractivity contribution in [2.75, 3.05) is 6.61 Å². The Morgan fingerprint density at radius 3 is 2.14 bits per heavy atom. The highest BCUT2D eigenvalue weighted by molar-refractivity contribution is 7.93. The zero-order chi connectivity index (χ0) is 21.9. The number of rotatable bonds is 3. The molecule has 12 nitrogen and oxygen atoms in total. The first-order valence-corrected chi connectivity index (χ1v) is 10.2. The molecule has 0 radical (unpaired) electrons. The monoisotopic (exact) mass is 432 g/mol. The Morgan fingerprint density at radius 1 is 1.14 bits per heavy atom. The van der Waals surface area contributed by atoms with Gasteiger partial charge >= 0.3 is 11.9 Å². The highest BCUT2D eigenvalue weighted by atomic mass is 32.2. The maximum Gasteiger partial charge on any atom is 0.334 e. The zero-order valence-electron chi connectivity index (χ0n) is 15.5. The average Bonchev–Trinajstić information content (AvgIpc) is 2.95. The van der Waals surface area contributed by atoms with Crippen LogP contribution in [0.4, 0.5) is 0 Å². The quantitative estimate of drug-likeness (QED) is 0.427. The van der Waals surface area contributed by atoms with Gasteiger partial charge in [-0.05, 0) is 19.9 Å². The van der Waals surface area contributed by atoms with Crippen molar-refractivity contribution in [2.24, 2.45) is 0 Å². The Morgan fingerprint density at radius 2 is 1.72 bits per heavy atom. The average molecular weight is 432 g/mol. The third kappa shape index (κ3) is 2.87. The van der Waals surface area contributed by atoms with Crippen LogP contribution in [-0.4, -0.2) is 92.3 Å². The Labute approximate surface area is 165 Å². The van der Waals surface area contributed by atoms with Crippen LogP contribution in [0.2, 0.25) is 0 Å². The van der Waals surface area contributed by atoms with Gasteiger partial charge in [-0.2, -0.15) is 0 Å². The van der Waals surface area contributed by atoms with Crippen molar-refractivity contribution in [3.8, 4) is 0 Å². The van der Waals surface area contributed by atoms with Gasteiger partial charge in [-0.25, -0.2) is 18.0 Å². The predicted octanol–water partition coefficient (Wildman–Crippen LogP) is -1.89. The van der Waals surface area contributed by atoms with Crippen LogP contribution in [0, 0.1) is 0 Å². The number of carbonyl (C=O) groups excluding carboxylic acids is 2. The smallest absolute Gasteiger partial charge is 0.334 e. The van der Waals surface area contributed by atoms with Crippen LogP contribution in [0.25, 0.3) is 0 Å². The van der Waals surface area contributed by atoms with Gasteiger partial charge in [0.15, 0.2) is 22.1 Å². The zero-order valence-corrected chi connectivity index (χ0v) is 16.3. The molecule has 0 saturated carbocycles. The summed E-state index contributed by atoms with van der Waals surface area (Å²) in [5.74, 6) is -2.89. The number of aliphatic carboxylic acids is 2. The van der Waals surface area contributed by atoms with E-state index in [-0.39, 0.29) is 31.1 Å². The first-order valence-electron chi connectivity index (χ1n) is 8.65. The number of ether oxygens (including phenoxy) is 1. The Kier molecular flexibility index (Phi) is 4.86. The molecule has 2 amide bonds. The molecule has 29 heavy (non-hydrogen) atoms. The second kappa shape index (κ2) is 6.69. The SMILES string of the molecule is CC1(C)C(C(=O)O)N2C(=O)C[C@@H]2S1(=O)=O.O=C(O)[C@H]1/C(=C/CO)O[C@@H]2CC(=O)N21. The van der Waals surface area contributed by atoms with Crippen LogP contribution >= 0.6 is 0 Å². The van der Waals surface area contributed by atoms with Gasteiger partial charge in [0, 0.05) is 0 Å². The minimum absolute atomic E-state index is 0.0878. The van der Waals surface area contributed by atoms with Gasteiger partial charge in [-0.3, -0.25) is 14.5 Å². The first-order chi connectivity index (χ1) is 13.4. The van der Waals surface area contributed by atoms with E-state index in [9.17, 15) is 27.6 Å². The van der Waals surface area contributed by atoms with Gasteiger partial charge in [0.25, 0.3) is 0 Å². The van der Waals surface area contributed by atoms with Crippen molar-refractivity contribution >= 4 is 33.6 Å². The molecule has 0 aromatic carbocycles. The summed E-state index contributed by atoms with van der Waals surface area (Å²) in [5.41, 5.74) is 0. The van der Waals surface area contributed by atoms with Gasteiger partial charge in [-0.1, -0.05) is 0 Å². The van der Waals surface area contributed by atoms with Crippen molar-refractivity contribution in [2.45, 2.75) is 55.1 Å². The largest absolute Gasteiger partial charge is 0.480 e. The highest BCUT2D eigenvalue weighted by Gasteiger charge is 2.67. The lowest BCUT2D eigenvalue weighted by Gasteiger charge is -2.35. The molecule has 4 rings (SSSR count). The lowest BCUT2D eigenvalue weighted by atomic mass is 9.98. The van der Waals surface area contributed by atoms with Crippen molar-refractivity contribution in [3.05, 3.63) is 11.8 Å². The molecule has 0 spiro atoms. The number of nitrogens with zero attached hydrogens (tertiary/aromatic N) is 2. The summed E-state index contributed by atoms with van der Waals surface area (Å²) in [4.78, 5) is 46.2. The Hall–Kier alpha value is -2.67. The number of β-lactam (4-membered cyclic amide) rings is 2. The number of hydrogen-bond donors (Lipinski definition) is 3. The standard InChI is InChI=1S/C8H11NO5S.C8H9NO5/c1-8(2)6(7(11)12)9-4(10)3-5(9)15(8,13)14;10-2-1-4-7(8(12)13)9-5(11)3-6(9)14-4/h5-6H,3H2,1-2H3,(H,11,12);1,6-7,10H,2-3H2,(H,12,13)/b;4-1-/t5-,6?;6-,7-/m01/s1. The molecule has 13 heteroatoms. The van der Waals surface area contributed by atoms with Gasteiger partial charge in [-0.15, -0.1) is 0 Å². The van der Waals surface area contributed by atoms with E-state index in [0.29, 0.717) is 0 Å². The molecule has 0 aromatic rings. The lowest BCUT2D eigenvalue weighted by molar-refractivity contribution is -0.163. The fourth-order valence-corrected chi connectivity index (χ4v) is 6.01. The summed E-state index contributed by atoms with van der Waals surface area (Å²) in [6.07, 6.45) is 0.938. The number of carboxylic acids is 2. The van der Waals surface area contributed by atoms with E-state index in [1.54, 1.807) is 0 Å². The Bertz CT molecular complexity index is 924. The molecular formula is C16H20N2O10S. The van der Waals surface area contributed by atoms with Crippen LogP contribution in [0.3, 0.4) is 0 Å². The van der Waals surface area contributed by atoms with E-state index in [1.807, 2.05) is 0 Å². The molecule has 4 atom stereocenters. The van der Waals surface area contributed by atoms with Gasteiger partial charge in [0.05, 0.1) is 24.2 Å². The first kappa shape index (κ1) is 21.0. The number of aliphatic hydroxyl groups is 1. The number of fused-ring (bicyclic) bond motifs is 2. The van der Waals surface area contributed by atoms with Gasteiger partial charge < -0.3 is 25.0 Å². The van der Waals surface area contributed by atoms with E-state index in [0.717, 1.165) is 4.90 Å². The van der Waals surface area contributed by atoms with E-state index in [2.05, 4.69) is 0 Å². The van der Waals surface area contributed by atoms with E-state index in [1.165, 1.54) is 24.8 Å². The molecule has 4 saturated heterocycles. The van der Waals surface area contributed by atoms with Gasteiger partial charge in [0.2, 0.25) is 11.8 Å². The summed E-state index contributed by atoms with van der Waals surface area (Å²) in [5, 5.41) is 25.5. The molecule has 0 bridgehead atoms. The fourth-order valence-electron chi connectivity index (χ4n) is 3.89. The van der Waals surface area contributed by atoms with Crippen LogP contribution in [0.5, 0.6) is 0 Å². The third-order valence-electron chi connectivity index (χ3n) is 5.50. The van der Waals surface area contributed by atoms with Crippen LogP contribution < -0.4 is 0 Å². The summed E-state index contributed by atoms with van der Waals surface area (Å²) in [7, 11) is -3.57. The second-order valence-corrected chi connectivity index (χ2v) is 10.1. The number of sulfone groups is 1. The van der Waals surface area contributed by atoms with Gasteiger partial charge in [0.1, 0.15) is 17.2 Å². The van der Waals surface area contributed by atoms with Crippen LogP contribution in [0.15, 0.2) is 11.8 Å². The molecule has 160 valence electrons. The fraction of sp³-hybridized carbons (Fsp3) is 0.625. The van der Waals surface area contributed by atoms with Crippen molar-refractivity contribution in [3.63, 3.8) is 0 Å². The number of carbonyl (C=O) groups is 4. The number of aliphatic hydroxyl groups excluding tert-OH is 1. The molecule has 4 aliphatic rings. The van der Waals surface area contributed by atoms with Crippen molar-refractivity contribution in [1.29, 1.82) is 0 Å². The lowest BCUT2D eigenvalue weighted by Crippen LogP contribution is -2.57. The van der Waals surface area contributed by atoms with Crippen LogP contribution in [0.1, 0.15) is 26.7 Å². The van der Waals surface area contributed by atoms with E-state index < -0.39 is 56.1 Å². The summed E-state index contributed by atoms with van der Waals surface area (Å²) < 4.78 is 27.5. The van der Waals surface area contributed by atoms with Crippen LogP contribution in [-0.2, 0) is 33.8 Å². The number of amides is 2. The summed E-state index contributed by atoms with van der Waals surface area (Å²) in [6, 6.07) is -2.32. The van der Waals surface area contributed by atoms with Crippen molar-refractivity contribution < 1.29 is 47.7 Å². The topological polar surface area (TPSA) is 179 Å². The molecular weight excluding hydrogens is 412 g/mol. The molecule has 0 aromatic heterocycles. The molecule has 4 aliphatic heterocycles. The third-order valence-corrected chi connectivity index (χ3v) is 8.30. The number of carboxylic acid groups (broad SMARTS) is 2.